The third-order valence-electron chi connectivity index (χ3n) is 4.30. The summed E-state index contributed by atoms with van der Waals surface area (Å²) in [5.41, 5.74) is 1.07. The van der Waals surface area contributed by atoms with Crippen molar-refractivity contribution in [2.75, 3.05) is 13.1 Å². The van der Waals surface area contributed by atoms with E-state index in [-0.39, 0.29) is 5.60 Å². The van der Waals surface area contributed by atoms with Gasteiger partial charge in [0.2, 0.25) is 0 Å². The van der Waals surface area contributed by atoms with Crippen molar-refractivity contribution in [3.8, 4) is 0 Å². The summed E-state index contributed by atoms with van der Waals surface area (Å²) in [6.45, 7) is 12.8. The first-order valence-corrected chi connectivity index (χ1v) is 9.00. The number of ether oxygens (including phenoxy) is 1. The number of benzene rings is 1. The Morgan fingerprint density at radius 3 is 2.50 bits per heavy atom. The SMILES string of the molecule is CC(C)(C)OC=O.CCC1CNCCC1N[C@H](C)c1ccccc1. The van der Waals surface area contributed by atoms with Crippen molar-refractivity contribution in [3.05, 3.63) is 35.9 Å². The Morgan fingerprint density at radius 1 is 1.33 bits per heavy atom. The van der Waals surface area contributed by atoms with E-state index < -0.39 is 0 Å². The van der Waals surface area contributed by atoms with Gasteiger partial charge >= 0.3 is 0 Å². The number of rotatable bonds is 5. The zero-order valence-electron chi connectivity index (χ0n) is 15.8. The molecule has 0 aromatic heterocycles. The van der Waals surface area contributed by atoms with Crippen LogP contribution in [0.3, 0.4) is 0 Å². The molecule has 1 saturated heterocycles. The first-order valence-electron chi connectivity index (χ1n) is 9.00. The number of carbonyl (C=O) groups is 1. The summed E-state index contributed by atoms with van der Waals surface area (Å²) in [7, 11) is 0. The van der Waals surface area contributed by atoms with E-state index in [1.54, 1.807) is 0 Å². The van der Waals surface area contributed by atoms with Crippen LogP contribution in [0.2, 0.25) is 0 Å². The predicted octanol–water partition coefficient (Wildman–Crippen LogP) is 3.68. The lowest BCUT2D eigenvalue weighted by molar-refractivity contribution is -0.138. The molecule has 0 saturated carbocycles. The van der Waals surface area contributed by atoms with Gasteiger partial charge in [-0.05, 0) is 58.7 Å². The molecule has 4 nitrogen and oxygen atoms in total. The number of piperidine rings is 1. The second-order valence-electron chi connectivity index (χ2n) is 7.39. The van der Waals surface area contributed by atoms with E-state index in [9.17, 15) is 4.79 Å². The Bertz CT molecular complexity index is 456. The topological polar surface area (TPSA) is 50.4 Å². The standard InChI is InChI=1S/C15H24N2.C5H10O2/c1-3-13-11-16-10-9-15(13)17-12(2)14-7-5-4-6-8-14;1-5(2,3)7-4-6/h4-8,12-13,15-17H,3,9-11H2,1-2H3;4H,1-3H3/t12-,13?,15?;/m1./s1. The summed E-state index contributed by atoms with van der Waals surface area (Å²) >= 11 is 0. The smallest absolute Gasteiger partial charge is 0.293 e. The third kappa shape index (κ3) is 7.93. The molecule has 1 heterocycles. The van der Waals surface area contributed by atoms with Crippen LogP contribution in [0.4, 0.5) is 0 Å². The van der Waals surface area contributed by atoms with Gasteiger partial charge in [0.05, 0.1) is 0 Å². The molecule has 24 heavy (non-hydrogen) atoms. The Morgan fingerprint density at radius 2 is 2.00 bits per heavy atom. The molecule has 1 aliphatic heterocycles. The van der Waals surface area contributed by atoms with E-state index in [2.05, 4.69) is 59.5 Å². The fourth-order valence-corrected chi connectivity index (χ4v) is 2.87. The van der Waals surface area contributed by atoms with Crippen LogP contribution in [0.15, 0.2) is 30.3 Å². The monoisotopic (exact) mass is 334 g/mol. The molecule has 2 N–H and O–H groups in total. The Kier molecular flexibility index (Phi) is 9.01. The molecular weight excluding hydrogens is 300 g/mol. The lowest BCUT2D eigenvalue weighted by atomic mass is 9.90. The van der Waals surface area contributed by atoms with Gasteiger partial charge in [0.15, 0.2) is 0 Å². The van der Waals surface area contributed by atoms with Gasteiger partial charge in [0.1, 0.15) is 5.60 Å². The normalized spacial score (nSPS) is 22.0. The highest BCUT2D eigenvalue weighted by molar-refractivity contribution is 5.37. The summed E-state index contributed by atoms with van der Waals surface area (Å²) in [6, 6.07) is 11.8. The summed E-state index contributed by atoms with van der Waals surface area (Å²) in [6.07, 6.45) is 2.50. The summed E-state index contributed by atoms with van der Waals surface area (Å²) in [5, 5.41) is 7.28. The van der Waals surface area contributed by atoms with Crippen molar-refractivity contribution < 1.29 is 9.53 Å². The van der Waals surface area contributed by atoms with Crippen LogP contribution in [0, 0.1) is 5.92 Å². The van der Waals surface area contributed by atoms with Crippen molar-refractivity contribution >= 4 is 6.47 Å². The van der Waals surface area contributed by atoms with Crippen LogP contribution in [0.25, 0.3) is 0 Å². The molecule has 0 amide bonds. The van der Waals surface area contributed by atoms with E-state index in [1.165, 1.54) is 18.4 Å². The number of hydrogen-bond donors (Lipinski definition) is 2. The first kappa shape index (κ1) is 20.7. The van der Waals surface area contributed by atoms with Crippen molar-refractivity contribution in [1.29, 1.82) is 0 Å². The van der Waals surface area contributed by atoms with Crippen molar-refractivity contribution in [2.24, 2.45) is 5.92 Å². The zero-order valence-corrected chi connectivity index (χ0v) is 15.8. The van der Waals surface area contributed by atoms with Gasteiger partial charge in [-0.15, -0.1) is 0 Å². The van der Waals surface area contributed by atoms with Crippen molar-refractivity contribution in [1.82, 2.24) is 10.6 Å². The highest BCUT2D eigenvalue weighted by Gasteiger charge is 2.24. The minimum Gasteiger partial charge on any atom is -0.462 e. The van der Waals surface area contributed by atoms with Gasteiger partial charge in [-0.3, -0.25) is 4.79 Å². The molecule has 136 valence electrons. The molecule has 1 aromatic rings. The number of carbonyl (C=O) groups excluding carboxylic acids is 1. The fraction of sp³-hybridized carbons (Fsp3) is 0.650. The Hall–Kier alpha value is -1.39. The van der Waals surface area contributed by atoms with Gasteiger partial charge in [-0.25, -0.2) is 0 Å². The average Bonchev–Trinajstić information content (AvgIpc) is 2.55. The molecule has 1 fully saturated rings. The molecule has 1 aliphatic rings. The van der Waals surface area contributed by atoms with Gasteiger partial charge in [0.25, 0.3) is 6.47 Å². The van der Waals surface area contributed by atoms with Crippen molar-refractivity contribution in [2.45, 2.75) is 65.1 Å². The van der Waals surface area contributed by atoms with Gasteiger partial charge < -0.3 is 15.4 Å². The van der Waals surface area contributed by atoms with E-state index in [0.717, 1.165) is 19.0 Å². The molecule has 2 rings (SSSR count). The maximum absolute atomic E-state index is 9.60. The highest BCUT2D eigenvalue weighted by atomic mass is 16.5. The molecule has 0 radical (unpaired) electrons. The minimum atomic E-state index is -0.318. The van der Waals surface area contributed by atoms with Crippen LogP contribution in [0.1, 0.15) is 59.1 Å². The van der Waals surface area contributed by atoms with Crippen LogP contribution in [0.5, 0.6) is 0 Å². The van der Waals surface area contributed by atoms with Gasteiger partial charge in [-0.2, -0.15) is 0 Å². The molecule has 2 unspecified atom stereocenters. The first-order chi connectivity index (χ1) is 11.4. The molecule has 0 spiro atoms. The summed E-state index contributed by atoms with van der Waals surface area (Å²) in [4.78, 5) is 9.60. The highest BCUT2D eigenvalue weighted by Crippen LogP contribution is 2.20. The van der Waals surface area contributed by atoms with Crippen molar-refractivity contribution in [3.63, 3.8) is 0 Å². The third-order valence-corrected chi connectivity index (χ3v) is 4.30. The second-order valence-corrected chi connectivity index (χ2v) is 7.39. The minimum absolute atomic E-state index is 0.318. The molecular formula is C20H34N2O2. The Labute approximate surface area is 147 Å². The zero-order chi connectivity index (χ0) is 18.0. The largest absolute Gasteiger partial charge is 0.462 e. The summed E-state index contributed by atoms with van der Waals surface area (Å²) in [5.74, 6) is 0.773. The maximum atomic E-state index is 9.60. The molecule has 1 aromatic carbocycles. The second kappa shape index (κ2) is 10.5. The van der Waals surface area contributed by atoms with E-state index in [0.29, 0.717) is 18.6 Å². The van der Waals surface area contributed by atoms with Gasteiger partial charge in [-0.1, -0.05) is 43.7 Å². The van der Waals surface area contributed by atoms with Crippen LogP contribution < -0.4 is 10.6 Å². The lowest BCUT2D eigenvalue weighted by Gasteiger charge is -2.34. The molecule has 3 atom stereocenters. The molecule has 4 heteroatoms. The van der Waals surface area contributed by atoms with E-state index in [4.69, 9.17) is 0 Å². The van der Waals surface area contributed by atoms with Crippen LogP contribution in [-0.2, 0) is 9.53 Å². The number of hydrogen-bond acceptors (Lipinski definition) is 4. The maximum Gasteiger partial charge on any atom is 0.293 e. The average molecular weight is 335 g/mol. The predicted molar refractivity (Wildman–Crippen MR) is 100.0 cm³/mol. The fourth-order valence-electron chi connectivity index (χ4n) is 2.87. The van der Waals surface area contributed by atoms with Crippen LogP contribution >= 0.6 is 0 Å². The van der Waals surface area contributed by atoms with E-state index >= 15 is 0 Å². The molecule has 0 aliphatic carbocycles. The quantitative estimate of drug-likeness (QED) is 0.807. The van der Waals surface area contributed by atoms with Gasteiger partial charge in [0, 0.05) is 12.1 Å². The van der Waals surface area contributed by atoms with E-state index in [1.807, 2.05) is 20.8 Å². The summed E-state index contributed by atoms with van der Waals surface area (Å²) < 4.78 is 4.55. The molecule has 0 bridgehead atoms. The Balaban J connectivity index is 0.000000351. The van der Waals surface area contributed by atoms with Crippen LogP contribution in [-0.4, -0.2) is 31.2 Å². The lowest BCUT2D eigenvalue weighted by Crippen LogP contribution is -2.47. The number of nitrogens with one attached hydrogen (secondary N) is 2.